The molecule has 0 saturated carbocycles. The summed E-state index contributed by atoms with van der Waals surface area (Å²) >= 11 is 3.47. The largest absolute Gasteiger partial charge is 0.457 e. The Hall–Kier alpha value is -1.80. The van der Waals surface area contributed by atoms with E-state index in [1.54, 1.807) is 0 Å². The molecule has 0 bridgehead atoms. The van der Waals surface area contributed by atoms with E-state index in [1.165, 1.54) is 10.8 Å². The van der Waals surface area contributed by atoms with Crippen LogP contribution in [0.15, 0.2) is 71.2 Å². The van der Waals surface area contributed by atoms with Gasteiger partial charge in [-0.15, -0.1) is 0 Å². The van der Waals surface area contributed by atoms with E-state index in [4.69, 9.17) is 4.74 Å². The minimum Gasteiger partial charge on any atom is -0.457 e. The van der Waals surface area contributed by atoms with Gasteiger partial charge in [-0.2, -0.15) is 0 Å². The third-order valence-electron chi connectivity index (χ3n) is 2.75. The van der Waals surface area contributed by atoms with Crippen molar-refractivity contribution >= 4 is 26.7 Å². The van der Waals surface area contributed by atoms with Crippen molar-refractivity contribution in [3.8, 4) is 11.5 Å². The standard InChI is InChI=1S/C16H11BrO/c17-14-8-6-13-11-16(9-7-12(13)10-14)18-15-4-2-1-3-5-15/h1-11H. The first-order valence-electron chi connectivity index (χ1n) is 5.73. The van der Waals surface area contributed by atoms with Gasteiger partial charge in [-0.25, -0.2) is 0 Å². The maximum atomic E-state index is 5.80. The first kappa shape index (κ1) is 11.3. The van der Waals surface area contributed by atoms with Crippen molar-refractivity contribution in [3.63, 3.8) is 0 Å². The molecule has 88 valence electrons. The van der Waals surface area contributed by atoms with E-state index in [1.807, 2.05) is 42.5 Å². The zero-order valence-electron chi connectivity index (χ0n) is 9.64. The molecule has 0 radical (unpaired) electrons. The summed E-state index contributed by atoms with van der Waals surface area (Å²) in [7, 11) is 0. The van der Waals surface area contributed by atoms with Crippen LogP contribution < -0.4 is 4.74 Å². The molecule has 18 heavy (non-hydrogen) atoms. The molecule has 0 amide bonds. The van der Waals surface area contributed by atoms with Crippen molar-refractivity contribution in [2.75, 3.05) is 0 Å². The Kier molecular flexibility index (Phi) is 3.03. The van der Waals surface area contributed by atoms with Crippen molar-refractivity contribution in [3.05, 3.63) is 71.2 Å². The van der Waals surface area contributed by atoms with E-state index in [0.717, 1.165) is 16.0 Å². The summed E-state index contributed by atoms with van der Waals surface area (Å²) in [5, 5.41) is 2.37. The number of fused-ring (bicyclic) bond motifs is 1. The highest BCUT2D eigenvalue weighted by Crippen LogP contribution is 2.27. The zero-order valence-corrected chi connectivity index (χ0v) is 11.2. The molecule has 3 aromatic carbocycles. The number of rotatable bonds is 2. The molecule has 1 nitrogen and oxygen atoms in total. The molecule has 3 rings (SSSR count). The lowest BCUT2D eigenvalue weighted by Crippen LogP contribution is -1.83. The maximum Gasteiger partial charge on any atom is 0.128 e. The van der Waals surface area contributed by atoms with E-state index in [2.05, 4.69) is 40.2 Å². The zero-order chi connectivity index (χ0) is 12.4. The van der Waals surface area contributed by atoms with Gasteiger partial charge in [0.05, 0.1) is 0 Å². The molecular formula is C16H11BrO. The molecule has 0 saturated heterocycles. The van der Waals surface area contributed by atoms with Crippen molar-refractivity contribution in [1.29, 1.82) is 0 Å². The van der Waals surface area contributed by atoms with Gasteiger partial charge in [0.15, 0.2) is 0 Å². The summed E-state index contributed by atoms with van der Waals surface area (Å²) in [6.07, 6.45) is 0. The number of halogens is 1. The van der Waals surface area contributed by atoms with E-state index in [-0.39, 0.29) is 0 Å². The molecule has 0 aliphatic rings. The van der Waals surface area contributed by atoms with Gasteiger partial charge < -0.3 is 4.74 Å². The molecule has 0 spiro atoms. The molecule has 0 aliphatic heterocycles. The highest BCUT2D eigenvalue weighted by Gasteiger charge is 1.99. The molecule has 0 heterocycles. The molecule has 2 heteroatoms. The maximum absolute atomic E-state index is 5.80. The monoisotopic (exact) mass is 298 g/mol. The fraction of sp³-hybridized carbons (Fsp3) is 0. The molecule has 0 fully saturated rings. The molecule has 0 atom stereocenters. The summed E-state index contributed by atoms with van der Waals surface area (Å²) in [6, 6.07) is 22.1. The van der Waals surface area contributed by atoms with Crippen molar-refractivity contribution < 1.29 is 4.74 Å². The van der Waals surface area contributed by atoms with Gasteiger partial charge in [-0.3, -0.25) is 0 Å². The lowest BCUT2D eigenvalue weighted by Gasteiger charge is -2.06. The van der Waals surface area contributed by atoms with Crippen molar-refractivity contribution in [2.45, 2.75) is 0 Å². The highest BCUT2D eigenvalue weighted by molar-refractivity contribution is 9.10. The van der Waals surface area contributed by atoms with Crippen LogP contribution in [-0.2, 0) is 0 Å². The predicted octanol–water partition coefficient (Wildman–Crippen LogP) is 5.39. The third-order valence-corrected chi connectivity index (χ3v) is 3.25. The van der Waals surface area contributed by atoms with Crippen LogP contribution in [0.25, 0.3) is 10.8 Å². The van der Waals surface area contributed by atoms with Gasteiger partial charge in [0, 0.05) is 4.47 Å². The van der Waals surface area contributed by atoms with Crippen molar-refractivity contribution in [2.24, 2.45) is 0 Å². The fourth-order valence-corrected chi connectivity index (χ4v) is 2.26. The lowest BCUT2D eigenvalue weighted by molar-refractivity contribution is 0.483. The first-order chi connectivity index (χ1) is 8.81. The Morgan fingerprint density at radius 1 is 0.667 bits per heavy atom. The molecule has 0 unspecified atom stereocenters. The predicted molar refractivity (Wildman–Crippen MR) is 78.2 cm³/mol. The SMILES string of the molecule is Brc1ccc2cc(Oc3ccccc3)ccc2c1. The Morgan fingerprint density at radius 3 is 2.22 bits per heavy atom. The Balaban J connectivity index is 1.96. The second-order valence-electron chi connectivity index (χ2n) is 4.07. The highest BCUT2D eigenvalue weighted by atomic mass is 79.9. The van der Waals surface area contributed by atoms with Gasteiger partial charge in [0.1, 0.15) is 11.5 Å². The minimum absolute atomic E-state index is 0.856. The van der Waals surface area contributed by atoms with Crippen LogP contribution in [0, 0.1) is 0 Å². The number of para-hydroxylation sites is 1. The van der Waals surface area contributed by atoms with Gasteiger partial charge in [0.2, 0.25) is 0 Å². The van der Waals surface area contributed by atoms with E-state index in [9.17, 15) is 0 Å². The molecule has 0 aromatic heterocycles. The third kappa shape index (κ3) is 2.39. The normalized spacial score (nSPS) is 10.5. The number of benzene rings is 3. The van der Waals surface area contributed by atoms with Gasteiger partial charge >= 0.3 is 0 Å². The molecule has 0 aliphatic carbocycles. The quantitative estimate of drug-likeness (QED) is 0.616. The Labute approximate surface area is 114 Å². The number of ether oxygens (including phenoxy) is 1. The minimum atomic E-state index is 0.856. The van der Waals surface area contributed by atoms with Gasteiger partial charge in [-0.05, 0) is 47.2 Å². The second kappa shape index (κ2) is 4.83. The summed E-state index contributed by atoms with van der Waals surface area (Å²) in [5.74, 6) is 1.71. The van der Waals surface area contributed by atoms with E-state index in [0.29, 0.717) is 0 Å². The van der Waals surface area contributed by atoms with Crippen LogP contribution in [0.3, 0.4) is 0 Å². The van der Waals surface area contributed by atoms with Crippen LogP contribution in [0.5, 0.6) is 11.5 Å². The second-order valence-corrected chi connectivity index (χ2v) is 4.98. The number of hydrogen-bond donors (Lipinski definition) is 0. The Morgan fingerprint density at radius 2 is 1.39 bits per heavy atom. The van der Waals surface area contributed by atoms with Crippen LogP contribution in [0.1, 0.15) is 0 Å². The van der Waals surface area contributed by atoms with Crippen molar-refractivity contribution in [1.82, 2.24) is 0 Å². The fourth-order valence-electron chi connectivity index (χ4n) is 1.88. The average Bonchev–Trinajstić information content (AvgIpc) is 2.40. The summed E-state index contributed by atoms with van der Waals surface area (Å²) < 4.78 is 6.89. The average molecular weight is 299 g/mol. The van der Waals surface area contributed by atoms with Crippen LogP contribution in [0.4, 0.5) is 0 Å². The van der Waals surface area contributed by atoms with Crippen LogP contribution in [0.2, 0.25) is 0 Å². The molecule has 0 N–H and O–H groups in total. The Bertz CT molecular complexity index is 677. The smallest absolute Gasteiger partial charge is 0.128 e. The van der Waals surface area contributed by atoms with Crippen LogP contribution >= 0.6 is 15.9 Å². The topological polar surface area (TPSA) is 9.23 Å². The first-order valence-corrected chi connectivity index (χ1v) is 6.53. The molecular weight excluding hydrogens is 288 g/mol. The van der Waals surface area contributed by atoms with Gasteiger partial charge in [-0.1, -0.05) is 46.3 Å². The lowest BCUT2D eigenvalue weighted by atomic mass is 10.1. The van der Waals surface area contributed by atoms with E-state index >= 15 is 0 Å². The van der Waals surface area contributed by atoms with Gasteiger partial charge in [0.25, 0.3) is 0 Å². The number of hydrogen-bond acceptors (Lipinski definition) is 1. The molecule has 3 aromatic rings. The summed E-state index contributed by atoms with van der Waals surface area (Å²) in [5.41, 5.74) is 0. The summed E-state index contributed by atoms with van der Waals surface area (Å²) in [6.45, 7) is 0. The summed E-state index contributed by atoms with van der Waals surface area (Å²) in [4.78, 5) is 0. The van der Waals surface area contributed by atoms with Crippen LogP contribution in [-0.4, -0.2) is 0 Å². The van der Waals surface area contributed by atoms with E-state index < -0.39 is 0 Å².